The molecule has 0 aliphatic carbocycles. The van der Waals surface area contributed by atoms with E-state index < -0.39 is 0 Å². The topological polar surface area (TPSA) is 55.3 Å². The predicted octanol–water partition coefficient (Wildman–Crippen LogP) is 2.79. The van der Waals surface area contributed by atoms with Gasteiger partial charge in [0.1, 0.15) is 6.10 Å². The summed E-state index contributed by atoms with van der Waals surface area (Å²) in [5, 5.41) is 0.663. The maximum atomic E-state index is 12.5. The molecule has 1 aliphatic rings. The summed E-state index contributed by atoms with van der Waals surface area (Å²) in [6.45, 7) is 2.93. The standard InChI is InChI=1S/C14H14ClN3O2S/c1-9-8-20-13(10-3-2-4-11(15)5-10)7-18(9)14(19)12-6-16-21-17-12/h2-6,9,13H,7-8H2,1H3. The largest absolute Gasteiger partial charge is 0.370 e. The van der Waals surface area contributed by atoms with E-state index in [1.807, 2.05) is 31.2 Å². The van der Waals surface area contributed by atoms with Gasteiger partial charge in [-0.15, -0.1) is 0 Å². The van der Waals surface area contributed by atoms with Crippen LogP contribution in [0.15, 0.2) is 30.5 Å². The highest BCUT2D eigenvalue weighted by Gasteiger charge is 2.32. The van der Waals surface area contributed by atoms with Gasteiger partial charge in [0.05, 0.1) is 37.1 Å². The molecule has 2 heterocycles. The summed E-state index contributed by atoms with van der Waals surface area (Å²) < 4.78 is 13.7. The van der Waals surface area contributed by atoms with Crippen molar-refractivity contribution in [1.29, 1.82) is 0 Å². The van der Waals surface area contributed by atoms with E-state index in [-0.39, 0.29) is 18.1 Å². The van der Waals surface area contributed by atoms with E-state index in [1.54, 1.807) is 4.90 Å². The van der Waals surface area contributed by atoms with Crippen molar-refractivity contribution in [2.45, 2.75) is 19.1 Å². The predicted molar refractivity (Wildman–Crippen MR) is 80.6 cm³/mol. The smallest absolute Gasteiger partial charge is 0.275 e. The van der Waals surface area contributed by atoms with E-state index in [4.69, 9.17) is 16.3 Å². The second-order valence-electron chi connectivity index (χ2n) is 4.98. The molecule has 1 aromatic carbocycles. The number of hydrogen-bond acceptors (Lipinski definition) is 5. The van der Waals surface area contributed by atoms with E-state index in [1.165, 1.54) is 6.20 Å². The minimum Gasteiger partial charge on any atom is -0.370 e. The molecule has 1 aromatic heterocycles. The van der Waals surface area contributed by atoms with Gasteiger partial charge in [-0.3, -0.25) is 4.79 Å². The monoisotopic (exact) mass is 323 g/mol. The number of halogens is 1. The zero-order chi connectivity index (χ0) is 14.8. The number of morpholine rings is 1. The quantitative estimate of drug-likeness (QED) is 0.852. The first-order chi connectivity index (χ1) is 10.1. The third-order valence-electron chi connectivity index (χ3n) is 3.49. The van der Waals surface area contributed by atoms with Crippen molar-refractivity contribution in [3.05, 3.63) is 46.7 Å². The number of hydrogen-bond donors (Lipinski definition) is 0. The summed E-state index contributed by atoms with van der Waals surface area (Å²) in [5.41, 5.74) is 1.36. The van der Waals surface area contributed by atoms with Gasteiger partial charge in [-0.25, -0.2) is 0 Å². The van der Waals surface area contributed by atoms with Crippen LogP contribution in [0.25, 0.3) is 0 Å². The van der Waals surface area contributed by atoms with Crippen LogP contribution in [0.1, 0.15) is 29.1 Å². The Kier molecular flexibility index (Phi) is 4.19. The first-order valence-corrected chi connectivity index (χ1v) is 7.71. The van der Waals surface area contributed by atoms with Crippen LogP contribution in [0.4, 0.5) is 0 Å². The Labute approximate surface area is 131 Å². The van der Waals surface area contributed by atoms with Crippen LogP contribution in [0.5, 0.6) is 0 Å². The van der Waals surface area contributed by atoms with Crippen LogP contribution in [-0.2, 0) is 4.74 Å². The van der Waals surface area contributed by atoms with Crippen molar-refractivity contribution in [2.75, 3.05) is 13.2 Å². The van der Waals surface area contributed by atoms with Crippen molar-refractivity contribution in [3.8, 4) is 0 Å². The molecule has 0 saturated carbocycles. The van der Waals surface area contributed by atoms with Crippen molar-refractivity contribution < 1.29 is 9.53 Å². The fourth-order valence-electron chi connectivity index (χ4n) is 2.35. The van der Waals surface area contributed by atoms with E-state index in [0.717, 1.165) is 17.3 Å². The molecule has 21 heavy (non-hydrogen) atoms. The summed E-state index contributed by atoms with van der Waals surface area (Å²) in [7, 11) is 0. The number of ether oxygens (including phenoxy) is 1. The number of nitrogens with zero attached hydrogens (tertiary/aromatic N) is 3. The van der Waals surface area contributed by atoms with Gasteiger partial charge in [-0.1, -0.05) is 23.7 Å². The van der Waals surface area contributed by atoms with Gasteiger partial charge in [0.25, 0.3) is 5.91 Å². The summed E-state index contributed by atoms with van der Waals surface area (Å²) in [5.74, 6) is -0.105. The van der Waals surface area contributed by atoms with Gasteiger partial charge in [0.2, 0.25) is 0 Å². The van der Waals surface area contributed by atoms with Crippen LogP contribution >= 0.6 is 23.3 Å². The van der Waals surface area contributed by atoms with Gasteiger partial charge in [-0.2, -0.15) is 8.75 Å². The summed E-state index contributed by atoms with van der Waals surface area (Å²) in [6, 6.07) is 7.54. The number of aromatic nitrogens is 2. The number of carbonyl (C=O) groups is 1. The molecule has 1 amide bonds. The Morgan fingerprint density at radius 2 is 2.38 bits per heavy atom. The molecule has 0 radical (unpaired) electrons. The summed E-state index contributed by atoms with van der Waals surface area (Å²) >= 11 is 7.06. The van der Waals surface area contributed by atoms with Gasteiger partial charge in [0, 0.05) is 5.02 Å². The highest BCUT2D eigenvalue weighted by atomic mass is 35.5. The molecule has 110 valence electrons. The molecule has 2 unspecified atom stereocenters. The lowest BCUT2D eigenvalue weighted by atomic mass is 10.1. The minimum absolute atomic E-state index is 0.00892. The number of rotatable bonds is 2. The van der Waals surface area contributed by atoms with E-state index in [2.05, 4.69) is 8.75 Å². The summed E-state index contributed by atoms with van der Waals surface area (Å²) in [6.07, 6.45) is 1.33. The number of amides is 1. The maximum Gasteiger partial charge on any atom is 0.275 e. The molecule has 1 aliphatic heterocycles. The number of benzene rings is 1. The lowest BCUT2D eigenvalue weighted by molar-refractivity contribution is -0.0488. The fraction of sp³-hybridized carbons (Fsp3) is 0.357. The third-order valence-corrected chi connectivity index (χ3v) is 4.21. The zero-order valence-corrected chi connectivity index (χ0v) is 13.0. The zero-order valence-electron chi connectivity index (χ0n) is 11.4. The second-order valence-corrected chi connectivity index (χ2v) is 5.97. The van der Waals surface area contributed by atoms with Crippen LogP contribution in [-0.4, -0.2) is 38.7 Å². The Balaban J connectivity index is 1.80. The van der Waals surface area contributed by atoms with E-state index in [9.17, 15) is 4.79 Å². The van der Waals surface area contributed by atoms with Crippen LogP contribution in [0, 0.1) is 0 Å². The average molecular weight is 324 g/mol. The normalized spacial score (nSPS) is 22.3. The minimum atomic E-state index is -0.171. The van der Waals surface area contributed by atoms with Crippen molar-refractivity contribution in [3.63, 3.8) is 0 Å². The Morgan fingerprint density at radius 3 is 3.10 bits per heavy atom. The molecule has 1 fully saturated rings. The third kappa shape index (κ3) is 3.07. The first kappa shape index (κ1) is 14.4. The van der Waals surface area contributed by atoms with Gasteiger partial charge < -0.3 is 9.64 Å². The Hall–Kier alpha value is -1.50. The maximum absolute atomic E-state index is 12.5. The molecular formula is C14H14ClN3O2S. The SMILES string of the molecule is CC1COC(c2cccc(Cl)c2)CN1C(=O)c1cnsn1. The van der Waals surface area contributed by atoms with Gasteiger partial charge in [-0.05, 0) is 24.6 Å². The molecule has 0 bridgehead atoms. The Bertz CT molecular complexity index is 635. The molecule has 0 N–H and O–H groups in total. The van der Waals surface area contributed by atoms with E-state index in [0.29, 0.717) is 23.9 Å². The highest BCUT2D eigenvalue weighted by Crippen LogP contribution is 2.27. The highest BCUT2D eigenvalue weighted by molar-refractivity contribution is 6.99. The Morgan fingerprint density at radius 1 is 1.52 bits per heavy atom. The second kappa shape index (κ2) is 6.09. The van der Waals surface area contributed by atoms with Gasteiger partial charge >= 0.3 is 0 Å². The van der Waals surface area contributed by atoms with Crippen LogP contribution in [0.3, 0.4) is 0 Å². The van der Waals surface area contributed by atoms with Crippen molar-refractivity contribution >= 4 is 29.2 Å². The van der Waals surface area contributed by atoms with Crippen molar-refractivity contribution in [2.24, 2.45) is 0 Å². The molecule has 5 nitrogen and oxygen atoms in total. The summed E-state index contributed by atoms with van der Waals surface area (Å²) in [4.78, 5) is 14.2. The number of carbonyl (C=O) groups excluding carboxylic acids is 1. The molecular weight excluding hydrogens is 310 g/mol. The molecule has 0 spiro atoms. The average Bonchev–Trinajstić information content (AvgIpc) is 3.01. The van der Waals surface area contributed by atoms with Crippen molar-refractivity contribution in [1.82, 2.24) is 13.6 Å². The lowest BCUT2D eigenvalue weighted by Gasteiger charge is -2.37. The molecule has 3 rings (SSSR count). The van der Waals surface area contributed by atoms with Gasteiger partial charge in [0.15, 0.2) is 5.69 Å². The molecule has 2 aromatic rings. The fourth-order valence-corrected chi connectivity index (χ4v) is 2.96. The molecule has 7 heteroatoms. The molecule has 2 atom stereocenters. The lowest BCUT2D eigenvalue weighted by Crippen LogP contribution is -2.48. The van der Waals surface area contributed by atoms with Crippen LogP contribution in [0.2, 0.25) is 5.02 Å². The van der Waals surface area contributed by atoms with Crippen LogP contribution < -0.4 is 0 Å². The van der Waals surface area contributed by atoms with E-state index >= 15 is 0 Å². The first-order valence-electron chi connectivity index (χ1n) is 6.61. The molecule has 1 saturated heterocycles.